The number of ketones is 1. The van der Waals surface area contributed by atoms with Crippen molar-refractivity contribution in [2.75, 3.05) is 13.7 Å². The molecule has 6 nitrogen and oxygen atoms in total. The van der Waals surface area contributed by atoms with Crippen molar-refractivity contribution in [3.8, 4) is 0 Å². The zero-order valence-electron chi connectivity index (χ0n) is 12.9. The van der Waals surface area contributed by atoms with Crippen LogP contribution >= 0.6 is 0 Å². The van der Waals surface area contributed by atoms with Gasteiger partial charge in [0.25, 0.3) is 0 Å². The van der Waals surface area contributed by atoms with Gasteiger partial charge in [0.1, 0.15) is 18.4 Å². The molecular formula is C16H22N2O4. The molecule has 0 radical (unpaired) electrons. The van der Waals surface area contributed by atoms with Crippen molar-refractivity contribution in [3.05, 3.63) is 17.5 Å². The van der Waals surface area contributed by atoms with E-state index in [1.165, 1.54) is 7.11 Å². The van der Waals surface area contributed by atoms with Crippen molar-refractivity contribution >= 4 is 11.8 Å². The normalized spacial score (nSPS) is 24.6. The molecule has 0 saturated carbocycles. The predicted molar refractivity (Wildman–Crippen MR) is 78.2 cm³/mol. The fourth-order valence-electron chi connectivity index (χ4n) is 3.24. The zero-order chi connectivity index (χ0) is 15.5. The summed E-state index contributed by atoms with van der Waals surface area (Å²) in [6, 6.07) is 0. The van der Waals surface area contributed by atoms with Crippen LogP contribution in [0.1, 0.15) is 49.6 Å². The van der Waals surface area contributed by atoms with Gasteiger partial charge in [-0.25, -0.2) is 4.68 Å². The van der Waals surface area contributed by atoms with Crippen molar-refractivity contribution in [1.29, 1.82) is 0 Å². The van der Waals surface area contributed by atoms with Gasteiger partial charge < -0.3 is 9.47 Å². The first kappa shape index (κ1) is 15.2. The topological polar surface area (TPSA) is 70.4 Å². The van der Waals surface area contributed by atoms with E-state index in [-0.39, 0.29) is 24.3 Å². The summed E-state index contributed by atoms with van der Waals surface area (Å²) in [6.07, 6.45) is 7.39. The van der Waals surface area contributed by atoms with Crippen molar-refractivity contribution in [3.63, 3.8) is 0 Å². The Morgan fingerprint density at radius 2 is 2.27 bits per heavy atom. The molecule has 2 heterocycles. The number of hydrogen-bond donors (Lipinski definition) is 0. The second-order valence-electron chi connectivity index (χ2n) is 6.06. The standard InChI is InChI=1S/C16H22N2O4/c1-21-16(20)9-14(19)11-5-6-13-12(8-11)10-18(17-13)15-4-2-3-7-22-15/h10-11,15H,2-9H2,1H3. The van der Waals surface area contributed by atoms with Gasteiger partial charge in [0.05, 0.1) is 12.8 Å². The number of hydrogen-bond acceptors (Lipinski definition) is 5. The molecule has 2 atom stereocenters. The van der Waals surface area contributed by atoms with Gasteiger partial charge in [-0.2, -0.15) is 5.10 Å². The number of ether oxygens (including phenoxy) is 2. The van der Waals surface area contributed by atoms with E-state index in [9.17, 15) is 9.59 Å². The Morgan fingerprint density at radius 3 is 3.00 bits per heavy atom. The third-order valence-corrected chi connectivity index (χ3v) is 4.54. The molecule has 0 amide bonds. The molecule has 1 aromatic rings. The molecule has 0 N–H and O–H groups in total. The maximum atomic E-state index is 12.1. The van der Waals surface area contributed by atoms with Crippen LogP contribution in [-0.2, 0) is 31.9 Å². The maximum Gasteiger partial charge on any atom is 0.313 e. The Morgan fingerprint density at radius 1 is 1.41 bits per heavy atom. The monoisotopic (exact) mass is 306 g/mol. The van der Waals surface area contributed by atoms with Gasteiger partial charge >= 0.3 is 5.97 Å². The second kappa shape index (κ2) is 6.60. The molecule has 2 unspecified atom stereocenters. The minimum Gasteiger partial charge on any atom is -0.469 e. The lowest BCUT2D eigenvalue weighted by atomic mass is 9.84. The third-order valence-electron chi connectivity index (χ3n) is 4.54. The number of methoxy groups -OCH3 is 1. The first-order valence-corrected chi connectivity index (χ1v) is 7.95. The molecule has 3 rings (SSSR count). The van der Waals surface area contributed by atoms with E-state index < -0.39 is 5.97 Å². The van der Waals surface area contributed by atoms with Crippen LogP contribution in [0.15, 0.2) is 6.20 Å². The van der Waals surface area contributed by atoms with E-state index >= 15 is 0 Å². The number of aryl methyl sites for hydroxylation is 1. The number of esters is 1. The molecule has 1 aliphatic carbocycles. The molecule has 1 aliphatic heterocycles. The number of carbonyl (C=O) groups excluding carboxylic acids is 2. The summed E-state index contributed by atoms with van der Waals surface area (Å²) in [7, 11) is 1.31. The SMILES string of the molecule is COC(=O)CC(=O)C1CCc2nn(C3CCCCO3)cc2C1. The van der Waals surface area contributed by atoms with Crippen LogP contribution in [0.3, 0.4) is 0 Å². The average molecular weight is 306 g/mol. The molecule has 120 valence electrons. The number of fused-ring (bicyclic) bond motifs is 1. The molecule has 1 saturated heterocycles. The first-order valence-electron chi connectivity index (χ1n) is 7.95. The summed E-state index contributed by atoms with van der Waals surface area (Å²) >= 11 is 0. The zero-order valence-corrected chi connectivity index (χ0v) is 12.9. The molecular weight excluding hydrogens is 284 g/mol. The Bertz CT molecular complexity index is 560. The van der Waals surface area contributed by atoms with Crippen LogP contribution in [-0.4, -0.2) is 35.2 Å². The molecule has 1 aromatic heterocycles. The Kier molecular flexibility index (Phi) is 4.57. The van der Waals surface area contributed by atoms with Gasteiger partial charge in [-0.05, 0) is 44.1 Å². The van der Waals surface area contributed by atoms with Gasteiger partial charge in [0.15, 0.2) is 0 Å². The molecule has 0 aromatic carbocycles. The fraction of sp³-hybridized carbons (Fsp3) is 0.688. The summed E-state index contributed by atoms with van der Waals surface area (Å²) in [5.74, 6) is -0.585. The highest BCUT2D eigenvalue weighted by atomic mass is 16.5. The average Bonchev–Trinajstić information content (AvgIpc) is 2.98. The van der Waals surface area contributed by atoms with Crippen molar-refractivity contribution in [1.82, 2.24) is 9.78 Å². The Hall–Kier alpha value is -1.69. The molecule has 0 spiro atoms. The van der Waals surface area contributed by atoms with Crippen LogP contribution in [0.5, 0.6) is 0 Å². The summed E-state index contributed by atoms with van der Waals surface area (Å²) in [5, 5.41) is 4.63. The van der Waals surface area contributed by atoms with Crippen LogP contribution in [0.2, 0.25) is 0 Å². The second-order valence-corrected chi connectivity index (χ2v) is 6.06. The number of rotatable bonds is 4. The third kappa shape index (κ3) is 3.21. The van der Waals surface area contributed by atoms with Crippen molar-refractivity contribution in [2.45, 2.75) is 51.2 Å². The highest BCUT2D eigenvalue weighted by Gasteiger charge is 2.29. The van der Waals surface area contributed by atoms with E-state index in [1.807, 2.05) is 10.9 Å². The highest BCUT2D eigenvalue weighted by molar-refractivity contribution is 5.96. The van der Waals surface area contributed by atoms with Gasteiger partial charge in [0.2, 0.25) is 0 Å². The summed E-state index contributed by atoms with van der Waals surface area (Å²) in [6.45, 7) is 0.787. The smallest absolute Gasteiger partial charge is 0.313 e. The number of aromatic nitrogens is 2. The fourth-order valence-corrected chi connectivity index (χ4v) is 3.24. The maximum absolute atomic E-state index is 12.1. The van der Waals surface area contributed by atoms with Gasteiger partial charge in [-0.1, -0.05) is 0 Å². The van der Waals surface area contributed by atoms with E-state index in [4.69, 9.17) is 4.74 Å². The van der Waals surface area contributed by atoms with Crippen molar-refractivity contribution < 1.29 is 19.1 Å². The van der Waals surface area contributed by atoms with Crippen LogP contribution < -0.4 is 0 Å². The summed E-state index contributed by atoms with van der Waals surface area (Å²) < 4.78 is 12.2. The quantitative estimate of drug-likeness (QED) is 0.627. The molecule has 2 aliphatic rings. The molecule has 0 bridgehead atoms. The van der Waals surface area contributed by atoms with Gasteiger partial charge in [-0.15, -0.1) is 0 Å². The lowest BCUT2D eigenvalue weighted by Gasteiger charge is -2.22. The Balaban J connectivity index is 1.66. The lowest BCUT2D eigenvalue weighted by Crippen LogP contribution is -2.24. The predicted octanol–water partition coefficient (Wildman–Crippen LogP) is 1.82. The highest BCUT2D eigenvalue weighted by Crippen LogP contribution is 2.29. The van der Waals surface area contributed by atoms with E-state index in [2.05, 4.69) is 9.84 Å². The van der Waals surface area contributed by atoms with Crippen molar-refractivity contribution in [2.24, 2.45) is 5.92 Å². The lowest BCUT2D eigenvalue weighted by molar-refractivity contribution is -0.144. The van der Waals surface area contributed by atoms with E-state index in [0.29, 0.717) is 6.42 Å². The summed E-state index contributed by atoms with van der Waals surface area (Å²) in [4.78, 5) is 23.4. The van der Waals surface area contributed by atoms with Gasteiger partial charge in [-0.3, -0.25) is 9.59 Å². The number of Topliss-reactive ketones (excluding diaryl/α,β-unsaturated/α-hetero) is 1. The minimum atomic E-state index is -0.456. The number of carbonyl (C=O) groups is 2. The van der Waals surface area contributed by atoms with Crippen LogP contribution in [0.25, 0.3) is 0 Å². The Labute approximate surface area is 129 Å². The minimum absolute atomic E-state index is 0.0285. The molecule has 22 heavy (non-hydrogen) atoms. The molecule has 6 heteroatoms. The van der Waals surface area contributed by atoms with Gasteiger partial charge in [0, 0.05) is 18.7 Å². The van der Waals surface area contributed by atoms with E-state index in [0.717, 1.165) is 50.0 Å². The van der Waals surface area contributed by atoms with Crippen LogP contribution in [0, 0.1) is 5.92 Å². The largest absolute Gasteiger partial charge is 0.469 e. The van der Waals surface area contributed by atoms with Crippen LogP contribution in [0.4, 0.5) is 0 Å². The summed E-state index contributed by atoms with van der Waals surface area (Å²) in [5.41, 5.74) is 2.18. The van der Waals surface area contributed by atoms with E-state index in [1.54, 1.807) is 0 Å². The molecule has 1 fully saturated rings. The first-order chi connectivity index (χ1) is 10.7. The number of nitrogens with zero attached hydrogens (tertiary/aromatic N) is 2.